The third-order valence-corrected chi connectivity index (χ3v) is 3.66. The standard InChI is InChI=1S/C15H29NO/c1-7-15(6,11-16-12(2)3)10-13-8-9-14(4,5)17-13/h7,12-13,16H,1,8-11H2,2-6H3. The molecule has 2 unspecified atom stereocenters. The molecule has 2 heteroatoms. The van der Waals surface area contributed by atoms with Gasteiger partial charge < -0.3 is 10.1 Å². The zero-order valence-corrected chi connectivity index (χ0v) is 12.2. The minimum absolute atomic E-state index is 0.0677. The van der Waals surface area contributed by atoms with Gasteiger partial charge in [-0.05, 0) is 33.1 Å². The third-order valence-electron chi connectivity index (χ3n) is 3.66. The van der Waals surface area contributed by atoms with Crippen molar-refractivity contribution in [1.29, 1.82) is 0 Å². The van der Waals surface area contributed by atoms with Gasteiger partial charge in [0.2, 0.25) is 0 Å². The highest BCUT2D eigenvalue weighted by Gasteiger charge is 2.35. The normalized spacial score (nSPS) is 27.1. The third kappa shape index (κ3) is 4.81. The molecule has 1 N–H and O–H groups in total. The number of rotatable bonds is 6. The van der Waals surface area contributed by atoms with Crippen LogP contribution in [-0.4, -0.2) is 24.3 Å². The van der Waals surface area contributed by atoms with Crippen molar-refractivity contribution < 1.29 is 4.74 Å². The summed E-state index contributed by atoms with van der Waals surface area (Å²) in [6, 6.07) is 0.523. The van der Waals surface area contributed by atoms with Crippen LogP contribution >= 0.6 is 0 Å². The summed E-state index contributed by atoms with van der Waals surface area (Å²) in [5.74, 6) is 0. The molecule has 0 aromatic rings. The molecule has 1 aliphatic rings. The molecule has 2 nitrogen and oxygen atoms in total. The highest BCUT2D eigenvalue weighted by molar-refractivity contribution is 4.97. The van der Waals surface area contributed by atoms with Gasteiger partial charge in [0, 0.05) is 18.0 Å². The van der Waals surface area contributed by atoms with E-state index in [9.17, 15) is 0 Å². The molecule has 0 bridgehead atoms. The van der Waals surface area contributed by atoms with E-state index in [0.29, 0.717) is 12.1 Å². The second kappa shape index (κ2) is 5.53. The van der Waals surface area contributed by atoms with Gasteiger partial charge in [-0.1, -0.05) is 26.8 Å². The molecule has 0 amide bonds. The van der Waals surface area contributed by atoms with E-state index in [1.54, 1.807) is 0 Å². The van der Waals surface area contributed by atoms with Crippen molar-refractivity contribution in [1.82, 2.24) is 5.32 Å². The van der Waals surface area contributed by atoms with Crippen LogP contribution in [-0.2, 0) is 4.74 Å². The van der Waals surface area contributed by atoms with Crippen LogP contribution in [0, 0.1) is 5.41 Å². The lowest BCUT2D eigenvalue weighted by Gasteiger charge is -2.31. The molecule has 17 heavy (non-hydrogen) atoms. The van der Waals surface area contributed by atoms with Crippen LogP contribution in [0.3, 0.4) is 0 Å². The van der Waals surface area contributed by atoms with Gasteiger partial charge in [-0.3, -0.25) is 0 Å². The molecule has 1 heterocycles. The van der Waals surface area contributed by atoms with Gasteiger partial charge in [0.05, 0.1) is 11.7 Å². The summed E-state index contributed by atoms with van der Waals surface area (Å²) in [6.45, 7) is 16.0. The smallest absolute Gasteiger partial charge is 0.0631 e. The first-order chi connectivity index (χ1) is 7.76. The van der Waals surface area contributed by atoms with E-state index in [0.717, 1.165) is 13.0 Å². The second-order valence-corrected chi connectivity index (χ2v) is 6.64. The van der Waals surface area contributed by atoms with Gasteiger partial charge in [0.15, 0.2) is 0 Å². The Hall–Kier alpha value is -0.340. The Bertz CT molecular complexity index is 260. The molecule has 2 atom stereocenters. The zero-order valence-electron chi connectivity index (χ0n) is 12.2. The molecule has 1 saturated heterocycles. The number of hydrogen-bond acceptors (Lipinski definition) is 2. The maximum Gasteiger partial charge on any atom is 0.0631 e. The average Bonchev–Trinajstić information content (AvgIpc) is 2.55. The Morgan fingerprint density at radius 3 is 2.59 bits per heavy atom. The highest BCUT2D eigenvalue weighted by Crippen LogP contribution is 2.36. The minimum atomic E-state index is 0.0677. The molecule has 0 saturated carbocycles. The predicted octanol–water partition coefficient (Wildman–Crippen LogP) is 3.52. The molecule has 0 radical (unpaired) electrons. The zero-order chi connectivity index (χ0) is 13.1. The summed E-state index contributed by atoms with van der Waals surface area (Å²) >= 11 is 0. The highest BCUT2D eigenvalue weighted by atomic mass is 16.5. The fraction of sp³-hybridized carbons (Fsp3) is 0.867. The summed E-state index contributed by atoms with van der Waals surface area (Å²) in [7, 11) is 0. The molecule has 0 aromatic carbocycles. The van der Waals surface area contributed by atoms with Crippen molar-refractivity contribution in [3.05, 3.63) is 12.7 Å². The quantitative estimate of drug-likeness (QED) is 0.716. The molecule has 1 fully saturated rings. The molecule has 100 valence electrons. The maximum absolute atomic E-state index is 6.08. The topological polar surface area (TPSA) is 21.3 Å². The van der Waals surface area contributed by atoms with Crippen molar-refractivity contribution in [3.63, 3.8) is 0 Å². The van der Waals surface area contributed by atoms with Gasteiger partial charge in [-0.2, -0.15) is 0 Å². The average molecular weight is 239 g/mol. The molecule has 0 aromatic heterocycles. The largest absolute Gasteiger partial charge is 0.372 e. The lowest BCUT2D eigenvalue weighted by molar-refractivity contribution is -0.0291. The fourth-order valence-corrected chi connectivity index (χ4v) is 2.41. The first kappa shape index (κ1) is 14.7. The van der Waals surface area contributed by atoms with Crippen LogP contribution in [0.2, 0.25) is 0 Å². The number of ether oxygens (including phenoxy) is 1. The summed E-state index contributed by atoms with van der Waals surface area (Å²) in [5, 5.41) is 3.50. The molecular formula is C15H29NO. The van der Waals surface area contributed by atoms with E-state index in [2.05, 4.69) is 52.6 Å². The molecule has 0 spiro atoms. The number of nitrogens with one attached hydrogen (secondary N) is 1. The predicted molar refractivity (Wildman–Crippen MR) is 74.2 cm³/mol. The van der Waals surface area contributed by atoms with Gasteiger partial charge in [0.25, 0.3) is 0 Å². The maximum atomic E-state index is 6.08. The second-order valence-electron chi connectivity index (χ2n) is 6.64. The van der Waals surface area contributed by atoms with E-state index in [1.165, 1.54) is 12.8 Å². The summed E-state index contributed by atoms with van der Waals surface area (Å²) in [4.78, 5) is 0. The van der Waals surface area contributed by atoms with Crippen LogP contribution in [0.1, 0.15) is 53.9 Å². The Morgan fingerprint density at radius 1 is 1.53 bits per heavy atom. The monoisotopic (exact) mass is 239 g/mol. The SMILES string of the molecule is C=CC(C)(CNC(C)C)CC1CCC(C)(C)O1. The minimum Gasteiger partial charge on any atom is -0.372 e. The molecule has 0 aliphatic carbocycles. The van der Waals surface area contributed by atoms with E-state index in [1.807, 2.05) is 0 Å². The van der Waals surface area contributed by atoms with Crippen molar-refractivity contribution in [3.8, 4) is 0 Å². The first-order valence-electron chi connectivity index (χ1n) is 6.81. The van der Waals surface area contributed by atoms with Crippen molar-refractivity contribution in [2.75, 3.05) is 6.54 Å². The fourth-order valence-electron chi connectivity index (χ4n) is 2.41. The van der Waals surface area contributed by atoms with Crippen molar-refractivity contribution >= 4 is 0 Å². The van der Waals surface area contributed by atoms with Gasteiger partial charge in [-0.25, -0.2) is 0 Å². The Labute approximate surface area is 107 Å². The van der Waals surface area contributed by atoms with Crippen LogP contribution < -0.4 is 5.32 Å². The van der Waals surface area contributed by atoms with Crippen LogP contribution in [0.5, 0.6) is 0 Å². The lowest BCUT2D eigenvalue weighted by atomic mass is 9.83. The van der Waals surface area contributed by atoms with Crippen LogP contribution in [0.15, 0.2) is 12.7 Å². The lowest BCUT2D eigenvalue weighted by Crippen LogP contribution is -2.37. The van der Waals surface area contributed by atoms with Gasteiger partial charge in [-0.15, -0.1) is 6.58 Å². The van der Waals surface area contributed by atoms with Crippen molar-refractivity contribution in [2.45, 2.75) is 71.6 Å². The van der Waals surface area contributed by atoms with E-state index in [-0.39, 0.29) is 11.0 Å². The molecular weight excluding hydrogens is 210 g/mol. The van der Waals surface area contributed by atoms with Crippen molar-refractivity contribution in [2.24, 2.45) is 5.41 Å². The number of hydrogen-bond donors (Lipinski definition) is 1. The molecule has 1 aliphatic heterocycles. The van der Waals surface area contributed by atoms with Crippen LogP contribution in [0.25, 0.3) is 0 Å². The first-order valence-corrected chi connectivity index (χ1v) is 6.81. The Balaban J connectivity index is 2.48. The van der Waals surface area contributed by atoms with E-state index in [4.69, 9.17) is 4.74 Å². The summed E-state index contributed by atoms with van der Waals surface area (Å²) in [5.41, 5.74) is 0.202. The van der Waals surface area contributed by atoms with E-state index < -0.39 is 0 Å². The Kier molecular flexibility index (Phi) is 4.79. The Morgan fingerprint density at radius 2 is 2.18 bits per heavy atom. The van der Waals surface area contributed by atoms with Gasteiger partial charge >= 0.3 is 0 Å². The summed E-state index contributed by atoms with van der Waals surface area (Å²) < 4.78 is 6.08. The molecule has 1 rings (SSSR count). The van der Waals surface area contributed by atoms with E-state index >= 15 is 0 Å². The summed E-state index contributed by atoms with van der Waals surface area (Å²) in [6.07, 6.45) is 5.89. The van der Waals surface area contributed by atoms with Crippen LogP contribution in [0.4, 0.5) is 0 Å². The van der Waals surface area contributed by atoms with Gasteiger partial charge in [0.1, 0.15) is 0 Å².